The third-order valence-electron chi connectivity index (χ3n) is 6.47. The van der Waals surface area contributed by atoms with E-state index in [4.69, 9.17) is 0 Å². The van der Waals surface area contributed by atoms with Gasteiger partial charge in [0.05, 0.1) is 11.7 Å². The molecule has 2 heterocycles. The summed E-state index contributed by atoms with van der Waals surface area (Å²) < 4.78 is 15.4. The van der Waals surface area contributed by atoms with Crippen LogP contribution in [0.5, 0.6) is 0 Å². The van der Waals surface area contributed by atoms with E-state index in [-0.39, 0.29) is 11.4 Å². The summed E-state index contributed by atoms with van der Waals surface area (Å²) in [5.74, 6) is -0.384. The van der Waals surface area contributed by atoms with Gasteiger partial charge in [-0.05, 0) is 74.1 Å². The van der Waals surface area contributed by atoms with Crippen molar-refractivity contribution in [1.29, 1.82) is 0 Å². The zero-order chi connectivity index (χ0) is 22.8. The summed E-state index contributed by atoms with van der Waals surface area (Å²) in [7, 11) is 0. The number of nitrogens with one attached hydrogen (secondary N) is 3. The molecule has 3 N–H and O–H groups in total. The molecule has 0 amide bonds. The molecule has 2 atom stereocenters. The molecule has 4 aromatic rings. The van der Waals surface area contributed by atoms with Gasteiger partial charge in [0, 0.05) is 47.7 Å². The minimum absolute atomic E-state index is 0.228. The first-order chi connectivity index (χ1) is 16.0. The minimum atomic E-state index is -0.384. The van der Waals surface area contributed by atoms with Crippen LogP contribution in [0.3, 0.4) is 0 Å². The zero-order valence-corrected chi connectivity index (χ0v) is 18.6. The van der Waals surface area contributed by atoms with Gasteiger partial charge in [0.2, 0.25) is 0 Å². The quantitative estimate of drug-likeness (QED) is 0.403. The molecule has 33 heavy (non-hydrogen) atoms. The van der Waals surface area contributed by atoms with Gasteiger partial charge in [-0.3, -0.25) is 14.5 Å². The van der Waals surface area contributed by atoms with Gasteiger partial charge in [0.15, 0.2) is 0 Å². The lowest BCUT2D eigenvalue weighted by Crippen LogP contribution is -2.38. The molecule has 5 rings (SSSR count). The Morgan fingerprint density at radius 2 is 2.03 bits per heavy atom. The number of aryl methyl sites for hydroxylation is 1. The lowest BCUT2D eigenvalue weighted by molar-refractivity contribution is 0.350. The maximum atomic E-state index is 14.0. The highest BCUT2D eigenvalue weighted by atomic mass is 19.1. The second-order valence-corrected chi connectivity index (χ2v) is 8.94. The van der Waals surface area contributed by atoms with Crippen molar-refractivity contribution in [1.82, 2.24) is 20.1 Å². The predicted molar refractivity (Wildman–Crippen MR) is 129 cm³/mol. The average molecular weight is 446 g/mol. The van der Waals surface area contributed by atoms with Crippen molar-refractivity contribution >= 4 is 16.6 Å². The molecule has 1 saturated carbocycles. The highest BCUT2D eigenvalue weighted by Crippen LogP contribution is 2.24. The number of hydrogen-bond acceptors (Lipinski definition) is 4. The molecule has 2 aromatic heterocycles. The van der Waals surface area contributed by atoms with Crippen molar-refractivity contribution in [3.05, 3.63) is 88.2 Å². The molecule has 0 spiro atoms. The third-order valence-corrected chi connectivity index (χ3v) is 6.47. The Morgan fingerprint density at radius 3 is 2.94 bits per heavy atom. The summed E-state index contributed by atoms with van der Waals surface area (Å²) in [6.07, 6.45) is 7.62. The highest BCUT2D eigenvalue weighted by molar-refractivity contribution is 5.81. The first-order valence-electron chi connectivity index (χ1n) is 11.5. The molecule has 2 aromatic carbocycles. The number of pyridine rings is 1. The van der Waals surface area contributed by atoms with Gasteiger partial charge in [-0.2, -0.15) is 5.10 Å². The van der Waals surface area contributed by atoms with Crippen LogP contribution in [0.15, 0.2) is 65.7 Å². The van der Waals surface area contributed by atoms with Gasteiger partial charge in [-0.1, -0.05) is 12.1 Å². The van der Waals surface area contributed by atoms with Gasteiger partial charge in [-0.15, -0.1) is 0 Å². The number of anilines is 1. The summed E-state index contributed by atoms with van der Waals surface area (Å²) in [6, 6.07) is 16.2. The average Bonchev–Trinajstić information content (AvgIpc) is 3.28. The number of rotatable bonds is 6. The topological polar surface area (TPSA) is 74.7 Å². The molecule has 0 unspecified atom stereocenters. The van der Waals surface area contributed by atoms with Gasteiger partial charge in [0.25, 0.3) is 5.56 Å². The van der Waals surface area contributed by atoms with Crippen molar-refractivity contribution in [2.45, 2.75) is 51.2 Å². The van der Waals surface area contributed by atoms with Crippen LogP contribution >= 0.6 is 0 Å². The van der Waals surface area contributed by atoms with Crippen molar-refractivity contribution in [3.63, 3.8) is 0 Å². The van der Waals surface area contributed by atoms with Crippen molar-refractivity contribution in [3.8, 4) is 5.69 Å². The fourth-order valence-electron chi connectivity index (χ4n) is 4.66. The number of halogens is 1. The number of aromatic nitrogens is 3. The molecule has 0 bridgehead atoms. The van der Waals surface area contributed by atoms with E-state index in [1.54, 1.807) is 6.92 Å². The molecule has 7 heteroatoms. The smallest absolute Gasteiger partial charge is 0.255 e. The predicted octanol–water partition coefficient (Wildman–Crippen LogP) is 4.67. The second-order valence-electron chi connectivity index (χ2n) is 8.94. The van der Waals surface area contributed by atoms with E-state index in [9.17, 15) is 9.18 Å². The number of H-pyrrole nitrogens is 1. The van der Waals surface area contributed by atoms with Crippen LogP contribution in [-0.2, 0) is 6.54 Å². The van der Waals surface area contributed by atoms with Crippen molar-refractivity contribution < 1.29 is 4.39 Å². The first-order valence-corrected chi connectivity index (χ1v) is 11.5. The minimum Gasteiger partial charge on any atom is -0.382 e. The number of benzene rings is 2. The Bertz CT molecular complexity index is 1330. The van der Waals surface area contributed by atoms with E-state index in [1.807, 2.05) is 30.5 Å². The Morgan fingerprint density at radius 1 is 1.15 bits per heavy atom. The Hall–Kier alpha value is -3.45. The lowest BCUT2D eigenvalue weighted by Gasteiger charge is -2.31. The van der Waals surface area contributed by atoms with Crippen LogP contribution in [0.4, 0.5) is 10.1 Å². The highest BCUT2D eigenvalue weighted by Gasteiger charge is 2.21. The van der Waals surface area contributed by atoms with E-state index in [2.05, 4.69) is 39.0 Å². The zero-order valence-electron chi connectivity index (χ0n) is 18.6. The molecular weight excluding hydrogens is 417 g/mol. The third kappa shape index (κ3) is 4.83. The molecule has 6 nitrogen and oxygen atoms in total. The summed E-state index contributed by atoms with van der Waals surface area (Å²) in [5.41, 5.74) is 4.05. The Kier molecular flexibility index (Phi) is 5.96. The second kappa shape index (κ2) is 9.19. The summed E-state index contributed by atoms with van der Waals surface area (Å²) in [5, 5.41) is 15.5. The fraction of sp³-hybridized carbons (Fsp3) is 0.308. The molecule has 0 aliphatic heterocycles. The van der Waals surface area contributed by atoms with Crippen LogP contribution in [0.1, 0.15) is 36.8 Å². The molecule has 1 fully saturated rings. The monoisotopic (exact) mass is 445 g/mol. The van der Waals surface area contributed by atoms with Crippen LogP contribution in [0.2, 0.25) is 0 Å². The van der Waals surface area contributed by atoms with E-state index in [0.717, 1.165) is 41.4 Å². The summed E-state index contributed by atoms with van der Waals surface area (Å²) >= 11 is 0. The number of nitrogens with zero attached hydrogens (tertiary/aromatic N) is 2. The Balaban J connectivity index is 1.22. The number of hydrogen-bond donors (Lipinski definition) is 3. The summed E-state index contributed by atoms with van der Waals surface area (Å²) in [4.78, 5) is 12.3. The van der Waals surface area contributed by atoms with Gasteiger partial charge >= 0.3 is 0 Å². The lowest BCUT2D eigenvalue weighted by atomic mass is 9.90. The van der Waals surface area contributed by atoms with E-state index in [1.165, 1.54) is 23.3 Å². The van der Waals surface area contributed by atoms with Gasteiger partial charge < -0.3 is 10.6 Å². The normalized spacial score (nSPS) is 18.5. The first kappa shape index (κ1) is 21.4. The number of fused-ring (bicyclic) bond motifs is 1. The standard InChI is InChI=1S/C26H28FN5O/c1-17-10-26(33)32(16-24(17)27)23-7-2-4-18(11-23)14-28-20-5-3-6-21(13-20)30-22-8-9-25-19(12-22)15-29-31-25/h2,4,7-12,15-16,20-21,28,30H,3,5-6,13-14H2,1H3,(H,29,31)/t20-,21-/m0/s1. The molecular formula is C26H28FN5O. The molecule has 170 valence electrons. The fourth-order valence-corrected chi connectivity index (χ4v) is 4.66. The van der Waals surface area contributed by atoms with E-state index < -0.39 is 0 Å². The van der Waals surface area contributed by atoms with Crippen LogP contribution in [0, 0.1) is 12.7 Å². The number of aromatic amines is 1. The van der Waals surface area contributed by atoms with Crippen LogP contribution in [0.25, 0.3) is 16.6 Å². The van der Waals surface area contributed by atoms with Crippen LogP contribution in [-0.4, -0.2) is 26.8 Å². The van der Waals surface area contributed by atoms with Gasteiger partial charge in [0.1, 0.15) is 5.82 Å². The largest absolute Gasteiger partial charge is 0.382 e. The van der Waals surface area contributed by atoms with Crippen molar-refractivity contribution in [2.75, 3.05) is 5.32 Å². The van der Waals surface area contributed by atoms with E-state index in [0.29, 0.717) is 29.9 Å². The summed E-state index contributed by atoms with van der Waals surface area (Å²) in [6.45, 7) is 2.30. The maximum absolute atomic E-state index is 14.0. The SMILES string of the molecule is Cc1cc(=O)n(-c2cccc(CN[C@H]3CCC[C@H](Nc4ccc5[nH]ncc5c4)C3)c2)cc1F. The molecule has 1 aliphatic rings. The van der Waals surface area contributed by atoms with E-state index >= 15 is 0 Å². The molecule has 0 radical (unpaired) electrons. The maximum Gasteiger partial charge on any atom is 0.255 e. The van der Waals surface area contributed by atoms with Crippen molar-refractivity contribution in [2.24, 2.45) is 0 Å². The molecule has 1 aliphatic carbocycles. The molecule has 0 saturated heterocycles. The van der Waals surface area contributed by atoms with Crippen LogP contribution < -0.4 is 16.2 Å². The Labute approximate surface area is 191 Å². The van der Waals surface area contributed by atoms with Gasteiger partial charge in [-0.25, -0.2) is 4.39 Å².